The Hall–Kier alpha value is -4.73. The Balaban J connectivity index is 1.12. The van der Waals surface area contributed by atoms with Crippen LogP contribution in [0.25, 0.3) is 31.9 Å². The van der Waals surface area contributed by atoms with Crippen molar-refractivity contribution in [3.05, 3.63) is 117 Å². The first kappa shape index (κ1) is 26.5. The highest BCUT2D eigenvalue weighted by molar-refractivity contribution is 7.21. The van der Waals surface area contributed by atoms with E-state index in [1.165, 1.54) is 5.56 Å². The minimum absolute atomic E-state index is 0.0719. The van der Waals surface area contributed by atoms with E-state index in [1.54, 1.807) is 23.3 Å². The van der Waals surface area contributed by atoms with Gasteiger partial charge in [-0.25, -0.2) is 9.78 Å². The van der Waals surface area contributed by atoms with Crippen LogP contribution < -0.4 is 15.1 Å². The summed E-state index contributed by atoms with van der Waals surface area (Å²) in [6.45, 7) is 2.08. The number of aromatic nitrogens is 2. The molecule has 0 bridgehead atoms. The second-order valence-electron chi connectivity index (χ2n) is 9.77. The lowest BCUT2D eigenvalue weighted by Crippen LogP contribution is -2.31. The van der Waals surface area contributed by atoms with Crippen molar-refractivity contribution in [1.29, 1.82) is 0 Å². The molecule has 0 unspecified atom stereocenters. The fraction of sp³-hybridized carbons (Fsp3) is 0.0938. The molecule has 6 aromatic rings. The zero-order valence-electron chi connectivity index (χ0n) is 22.3. The van der Waals surface area contributed by atoms with Crippen LogP contribution >= 0.6 is 22.7 Å². The monoisotopic (exact) mass is 578 g/mol. The normalized spacial score (nSPS) is 11.1. The second-order valence-corrected chi connectivity index (χ2v) is 11.9. The highest BCUT2D eigenvalue weighted by Gasteiger charge is 2.14. The molecule has 4 aromatic carbocycles. The van der Waals surface area contributed by atoms with Crippen LogP contribution in [-0.4, -0.2) is 28.2 Å². The van der Waals surface area contributed by atoms with E-state index >= 15 is 0 Å². The second kappa shape index (κ2) is 11.0. The molecule has 2 heterocycles. The van der Waals surface area contributed by atoms with Crippen LogP contribution in [0.4, 0.5) is 16.2 Å². The number of amides is 2. The number of carbonyl (C=O) groups excluding carboxylic acids is 1. The largest absolute Gasteiger partial charge is 0.494 e. The summed E-state index contributed by atoms with van der Waals surface area (Å²) in [5.74, 6) is -0.0719. The highest BCUT2D eigenvalue weighted by atomic mass is 32.1. The number of carbonyl (C=O) groups is 1. The van der Waals surface area contributed by atoms with Crippen LogP contribution in [0.1, 0.15) is 16.0 Å². The van der Waals surface area contributed by atoms with Gasteiger partial charge < -0.3 is 10.4 Å². The molecule has 2 aromatic heterocycles. The maximum absolute atomic E-state index is 13.1. The van der Waals surface area contributed by atoms with Crippen LogP contribution in [-0.2, 0) is 6.42 Å². The molecule has 0 aliphatic heterocycles. The molecular formula is C32H26N4O3S2. The number of hydrogen-bond acceptors (Lipinski definition) is 6. The quantitative estimate of drug-likeness (QED) is 0.189. The minimum Gasteiger partial charge on any atom is -0.494 e. The van der Waals surface area contributed by atoms with Gasteiger partial charge in [-0.2, -0.15) is 0 Å². The number of aryl methyl sites for hydroxylation is 1. The molecule has 0 atom stereocenters. The van der Waals surface area contributed by atoms with Crippen molar-refractivity contribution in [2.24, 2.45) is 0 Å². The average molecular weight is 579 g/mol. The Kier molecular flexibility index (Phi) is 7.13. The number of H-pyrrole nitrogens is 1. The standard InChI is InChI=1S/C32H26N4O3S2/c1-19-6-15-26-27(16-19)40-30(34-26)22-11-13-24(14-12-22)33-31(38)36(2)25-5-3-4-23(18-25)21-9-7-20(8-10-21)17-28-29(37)35-32(39)41-28/h3-16,18,37H,17H2,1-2H3,(H,33,38)(H,35,39). The summed E-state index contributed by atoms with van der Waals surface area (Å²) in [7, 11) is 1.74. The summed E-state index contributed by atoms with van der Waals surface area (Å²) in [6, 6.07) is 29.5. The summed E-state index contributed by atoms with van der Waals surface area (Å²) < 4.78 is 1.16. The maximum atomic E-state index is 13.1. The average Bonchev–Trinajstić information content (AvgIpc) is 3.54. The van der Waals surface area contributed by atoms with E-state index in [1.807, 2.05) is 78.9 Å². The number of aromatic hydroxyl groups is 1. The lowest BCUT2D eigenvalue weighted by molar-refractivity contribution is 0.258. The lowest BCUT2D eigenvalue weighted by Gasteiger charge is -2.19. The van der Waals surface area contributed by atoms with E-state index in [2.05, 4.69) is 29.4 Å². The van der Waals surface area contributed by atoms with E-state index < -0.39 is 0 Å². The Morgan fingerprint density at radius 3 is 2.41 bits per heavy atom. The molecule has 0 radical (unpaired) electrons. The number of anilines is 2. The van der Waals surface area contributed by atoms with Gasteiger partial charge in [0.1, 0.15) is 5.01 Å². The SMILES string of the molecule is Cc1ccc2nc(-c3ccc(NC(=O)N(C)c4cccc(-c5ccc(Cc6sc(=O)[nH]c6O)cc5)c4)cc3)sc2c1. The molecule has 0 saturated carbocycles. The minimum atomic E-state index is -0.268. The van der Waals surface area contributed by atoms with Crippen molar-refractivity contribution in [2.75, 3.05) is 17.3 Å². The zero-order valence-corrected chi connectivity index (χ0v) is 24.0. The Labute approximate surface area is 244 Å². The first-order valence-corrected chi connectivity index (χ1v) is 14.6. The van der Waals surface area contributed by atoms with E-state index in [-0.39, 0.29) is 16.8 Å². The van der Waals surface area contributed by atoms with Crippen LogP contribution in [0.2, 0.25) is 0 Å². The highest BCUT2D eigenvalue weighted by Crippen LogP contribution is 2.32. The van der Waals surface area contributed by atoms with Gasteiger partial charge in [0.2, 0.25) is 5.88 Å². The molecule has 0 aliphatic rings. The molecule has 41 heavy (non-hydrogen) atoms. The number of nitrogens with zero attached hydrogens (tertiary/aromatic N) is 2. The van der Waals surface area contributed by atoms with E-state index in [4.69, 9.17) is 4.98 Å². The van der Waals surface area contributed by atoms with Crippen molar-refractivity contribution in [3.63, 3.8) is 0 Å². The van der Waals surface area contributed by atoms with Crippen molar-refractivity contribution in [2.45, 2.75) is 13.3 Å². The van der Waals surface area contributed by atoms with Gasteiger partial charge in [0.05, 0.1) is 15.1 Å². The number of urea groups is 1. The number of hydrogen-bond donors (Lipinski definition) is 3. The van der Waals surface area contributed by atoms with Crippen molar-refractivity contribution < 1.29 is 9.90 Å². The van der Waals surface area contributed by atoms with Gasteiger partial charge in [-0.3, -0.25) is 14.7 Å². The molecule has 9 heteroatoms. The summed E-state index contributed by atoms with van der Waals surface area (Å²) in [4.78, 5) is 33.6. The van der Waals surface area contributed by atoms with Gasteiger partial charge in [0, 0.05) is 30.4 Å². The van der Waals surface area contributed by atoms with Gasteiger partial charge >= 0.3 is 10.9 Å². The Morgan fingerprint density at radius 2 is 1.68 bits per heavy atom. The molecular weight excluding hydrogens is 553 g/mol. The lowest BCUT2D eigenvalue weighted by atomic mass is 10.0. The number of thiazole rings is 2. The van der Waals surface area contributed by atoms with Crippen LogP contribution in [0.5, 0.6) is 5.88 Å². The van der Waals surface area contributed by atoms with Crippen LogP contribution in [0.3, 0.4) is 0 Å². The molecule has 3 N–H and O–H groups in total. The molecule has 0 aliphatic carbocycles. The van der Waals surface area contributed by atoms with Gasteiger partial charge in [-0.15, -0.1) is 11.3 Å². The van der Waals surface area contributed by atoms with Gasteiger partial charge in [0.15, 0.2) is 0 Å². The van der Waals surface area contributed by atoms with Gasteiger partial charge in [-0.1, -0.05) is 53.8 Å². The third-order valence-corrected chi connectivity index (χ3v) is 8.76. The summed E-state index contributed by atoms with van der Waals surface area (Å²) in [6.07, 6.45) is 0.472. The van der Waals surface area contributed by atoms with E-state index in [9.17, 15) is 14.7 Å². The Bertz CT molecular complexity index is 1920. The fourth-order valence-electron chi connectivity index (χ4n) is 4.54. The predicted molar refractivity (Wildman–Crippen MR) is 169 cm³/mol. The molecule has 204 valence electrons. The predicted octanol–water partition coefficient (Wildman–Crippen LogP) is 7.65. The topological polar surface area (TPSA) is 98.3 Å². The van der Waals surface area contributed by atoms with E-state index in [0.29, 0.717) is 17.0 Å². The van der Waals surface area contributed by atoms with Gasteiger partial charge in [0.25, 0.3) is 0 Å². The Morgan fingerprint density at radius 1 is 0.927 bits per heavy atom. The van der Waals surface area contributed by atoms with E-state index in [0.717, 1.165) is 54.5 Å². The third-order valence-electron chi connectivity index (χ3n) is 6.82. The van der Waals surface area contributed by atoms with Crippen LogP contribution in [0, 0.1) is 6.92 Å². The summed E-state index contributed by atoms with van der Waals surface area (Å²) in [5, 5.41) is 13.8. The molecule has 0 fully saturated rings. The summed E-state index contributed by atoms with van der Waals surface area (Å²) in [5.41, 5.74) is 7.62. The fourth-order valence-corrected chi connectivity index (χ4v) is 6.37. The molecule has 0 saturated heterocycles. The number of rotatable bonds is 6. The van der Waals surface area contributed by atoms with Crippen molar-refractivity contribution in [1.82, 2.24) is 9.97 Å². The first-order chi connectivity index (χ1) is 19.8. The molecule has 0 spiro atoms. The summed E-state index contributed by atoms with van der Waals surface area (Å²) >= 11 is 2.67. The first-order valence-electron chi connectivity index (χ1n) is 12.9. The zero-order chi connectivity index (χ0) is 28.5. The molecule has 2 amide bonds. The maximum Gasteiger partial charge on any atom is 0.326 e. The van der Waals surface area contributed by atoms with Crippen molar-refractivity contribution in [3.8, 4) is 27.6 Å². The molecule has 7 nitrogen and oxygen atoms in total. The van der Waals surface area contributed by atoms with Gasteiger partial charge in [-0.05, 0) is 77.7 Å². The van der Waals surface area contributed by atoms with Crippen LogP contribution in [0.15, 0.2) is 95.8 Å². The molecule has 6 rings (SSSR count). The number of benzene rings is 4. The third kappa shape index (κ3) is 5.77. The number of aromatic amines is 1. The van der Waals surface area contributed by atoms with Crippen molar-refractivity contribution >= 4 is 50.3 Å². The number of fused-ring (bicyclic) bond motifs is 1. The number of nitrogens with one attached hydrogen (secondary N) is 2. The smallest absolute Gasteiger partial charge is 0.326 e.